The quantitative estimate of drug-likeness (QED) is 0.692. The summed E-state index contributed by atoms with van der Waals surface area (Å²) < 4.78 is 11.1. The summed E-state index contributed by atoms with van der Waals surface area (Å²) in [5.41, 5.74) is 3.67. The second-order valence-corrected chi connectivity index (χ2v) is 4.79. The van der Waals surface area contributed by atoms with Gasteiger partial charge in [-0.3, -0.25) is 0 Å². The highest BCUT2D eigenvalue weighted by Crippen LogP contribution is 2.31. The fraction of sp³-hybridized carbons (Fsp3) is 0.250. The van der Waals surface area contributed by atoms with Crippen molar-refractivity contribution in [2.45, 2.75) is 19.4 Å². The van der Waals surface area contributed by atoms with Crippen molar-refractivity contribution in [1.82, 2.24) is 4.98 Å². The lowest BCUT2D eigenvalue weighted by molar-refractivity contribution is 0.291. The molecule has 3 rings (SSSR count). The van der Waals surface area contributed by atoms with Gasteiger partial charge in [-0.1, -0.05) is 17.3 Å². The molecule has 0 bridgehead atoms. The lowest BCUT2D eigenvalue weighted by Gasteiger charge is -2.12. The predicted molar refractivity (Wildman–Crippen MR) is 78.2 cm³/mol. The van der Waals surface area contributed by atoms with Crippen LogP contribution in [0.4, 0.5) is 0 Å². The van der Waals surface area contributed by atoms with E-state index in [1.54, 1.807) is 13.3 Å². The van der Waals surface area contributed by atoms with Gasteiger partial charge in [0, 0.05) is 17.3 Å². The van der Waals surface area contributed by atoms with Crippen LogP contribution in [0.1, 0.15) is 23.1 Å². The molecule has 2 aromatic rings. The van der Waals surface area contributed by atoms with Crippen LogP contribution in [0.15, 0.2) is 41.7 Å². The van der Waals surface area contributed by atoms with Crippen LogP contribution in [0.2, 0.25) is 0 Å². The van der Waals surface area contributed by atoms with Crippen LogP contribution in [0.5, 0.6) is 11.6 Å². The smallest absolute Gasteiger partial charge is 0.219 e. The molecule has 1 heterocycles. The molecule has 0 radical (unpaired) electrons. The Morgan fingerprint density at radius 3 is 2.95 bits per heavy atom. The van der Waals surface area contributed by atoms with Crippen molar-refractivity contribution < 1.29 is 14.7 Å². The van der Waals surface area contributed by atoms with Crippen molar-refractivity contribution >= 4 is 5.71 Å². The third-order valence-electron chi connectivity index (χ3n) is 3.60. The van der Waals surface area contributed by atoms with Gasteiger partial charge in [0.1, 0.15) is 12.4 Å². The first-order chi connectivity index (χ1) is 10.3. The third-order valence-corrected chi connectivity index (χ3v) is 3.60. The Bertz CT molecular complexity index is 683. The van der Waals surface area contributed by atoms with E-state index in [9.17, 15) is 0 Å². The van der Waals surface area contributed by atoms with Gasteiger partial charge in [-0.25, -0.2) is 4.98 Å². The van der Waals surface area contributed by atoms with Crippen molar-refractivity contribution in [3.63, 3.8) is 0 Å². The van der Waals surface area contributed by atoms with Gasteiger partial charge in [-0.2, -0.15) is 0 Å². The minimum Gasteiger partial charge on any atom is -0.488 e. The summed E-state index contributed by atoms with van der Waals surface area (Å²) in [7, 11) is 1.59. The second-order valence-electron chi connectivity index (χ2n) is 4.79. The molecule has 0 saturated carbocycles. The topological polar surface area (TPSA) is 63.9 Å². The molecule has 0 saturated heterocycles. The summed E-state index contributed by atoms with van der Waals surface area (Å²) in [5, 5.41) is 12.3. The van der Waals surface area contributed by atoms with Crippen LogP contribution in [-0.4, -0.2) is 23.0 Å². The summed E-state index contributed by atoms with van der Waals surface area (Å²) in [6, 6.07) is 9.57. The number of hydrogen-bond acceptors (Lipinski definition) is 5. The molecule has 1 aliphatic rings. The van der Waals surface area contributed by atoms with E-state index in [0.29, 0.717) is 12.5 Å². The molecular weight excluding hydrogens is 268 g/mol. The van der Waals surface area contributed by atoms with E-state index >= 15 is 0 Å². The van der Waals surface area contributed by atoms with Gasteiger partial charge in [0.15, 0.2) is 0 Å². The molecule has 0 amide bonds. The minimum absolute atomic E-state index is 0.388. The maximum atomic E-state index is 9.00. The highest BCUT2D eigenvalue weighted by molar-refractivity contribution is 6.04. The molecule has 1 aromatic carbocycles. The maximum absolute atomic E-state index is 9.00. The number of pyridine rings is 1. The minimum atomic E-state index is 0.388. The molecule has 0 aliphatic heterocycles. The Balaban J connectivity index is 1.82. The number of hydrogen-bond donors (Lipinski definition) is 1. The van der Waals surface area contributed by atoms with E-state index in [4.69, 9.17) is 14.7 Å². The fourth-order valence-corrected chi connectivity index (χ4v) is 2.58. The molecule has 1 aromatic heterocycles. The van der Waals surface area contributed by atoms with E-state index in [1.165, 1.54) is 0 Å². The Morgan fingerprint density at radius 2 is 2.14 bits per heavy atom. The van der Waals surface area contributed by atoms with Crippen LogP contribution >= 0.6 is 0 Å². The van der Waals surface area contributed by atoms with Crippen LogP contribution in [0.25, 0.3) is 0 Å². The summed E-state index contributed by atoms with van der Waals surface area (Å²) in [6.45, 7) is 0.388. The van der Waals surface area contributed by atoms with Crippen molar-refractivity contribution in [3.05, 3.63) is 53.2 Å². The van der Waals surface area contributed by atoms with Gasteiger partial charge in [0.2, 0.25) is 5.88 Å². The molecule has 5 nitrogen and oxygen atoms in total. The molecule has 1 N–H and O–H groups in total. The number of oxime groups is 1. The zero-order chi connectivity index (χ0) is 14.7. The van der Waals surface area contributed by atoms with Crippen molar-refractivity contribution in [2.75, 3.05) is 7.11 Å². The second kappa shape index (κ2) is 5.83. The van der Waals surface area contributed by atoms with Crippen molar-refractivity contribution in [2.24, 2.45) is 5.16 Å². The Kier molecular flexibility index (Phi) is 3.73. The predicted octanol–water partition coefficient (Wildman–Crippen LogP) is 2.79. The van der Waals surface area contributed by atoms with E-state index in [0.717, 1.165) is 41.0 Å². The lowest BCUT2D eigenvalue weighted by Crippen LogP contribution is -2.02. The number of ether oxygens (including phenoxy) is 2. The average Bonchev–Trinajstić information content (AvgIpc) is 2.96. The molecule has 0 spiro atoms. The molecule has 108 valence electrons. The van der Waals surface area contributed by atoms with E-state index in [1.807, 2.05) is 30.3 Å². The van der Waals surface area contributed by atoms with Crippen LogP contribution < -0.4 is 9.47 Å². The summed E-state index contributed by atoms with van der Waals surface area (Å²) in [4.78, 5) is 4.15. The highest BCUT2D eigenvalue weighted by atomic mass is 16.5. The number of rotatable bonds is 4. The maximum Gasteiger partial charge on any atom is 0.219 e. The standard InChI is InChI=1S/C16H16N2O3/c1-20-16-11(4-3-9-17-16)10-21-15-6-2-5-12-13(15)7-8-14(12)18-19/h2-6,9,19H,7-8,10H2,1H3/b18-14+. The number of fused-ring (bicyclic) bond motifs is 1. The number of methoxy groups -OCH3 is 1. The van der Waals surface area contributed by atoms with Gasteiger partial charge in [0.25, 0.3) is 0 Å². The van der Waals surface area contributed by atoms with E-state index in [2.05, 4.69) is 10.1 Å². The van der Waals surface area contributed by atoms with Gasteiger partial charge < -0.3 is 14.7 Å². The Hall–Kier alpha value is -2.56. The van der Waals surface area contributed by atoms with E-state index in [-0.39, 0.29) is 0 Å². The van der Waals surface area contributed by atoms with Gasteiger partial charge in [0.05, 0.1) is 18.4 Å². The first-order valence-corrected chi connectivity index (χ1v) is 6.77. The van der Waals surface area contributed by atoms with Crippen molar-refractivity contribution in [1.29, 1.82) is 0 Å². The van der Waals surface area contributed by atoms with Crippen LogP contribution in [-0.2, 0) is 13.0 Å². The fourth-order valence-electron chi connectivity index (χ4n) is 2.58. The molecule has 5 heteroatoms. The average molecular weight is 284 g/mol. The molecule has 0 atom stereocenters. The van der Waals surface area contributed by atoms with Gasteiger partial charge >= 0.3 is 0 Å². The summed E-state index contributed by atoms with van der Waals surface area (Å²) in [6.07, 6.45) is 3.25. The normalized spacial score (nSPS) is 15.0. The molecule has 0 unspecified atom stereocenters. The first-order valence-electron chi connectivity index (χ1n) is 6.77. The van der Waals surface area contributed by atoms with Crippen LogP contribution in [0, 0.1) is 0 Å². The monoisotopic (exact) mass is 284 g/mol. The number of benzene rings is 1. The Labute approximate surface area is 122 Å². The number of aromatic nitrogens is 1. The zero-order valence-electron chi connectivity index (χ0n) is 11.7. The Morgan fingerprint density at radius 1 is 1.24 bits per heavy atom. The van der Waals surface area contributed by atoms with E-state index < -0.39 is 0 Å². The molecule has 0 fully saturated rings. The zero-order valence-corrected chi connectivity index (χ0v) is 11.7. The largest absolute Gasteiger partial charge is 0.488 e. The molecular formula is C16H16N2O3. The summed E-state index contributed by atoms with van der Waals surface area (Å²) in [5.74, 6) is 1.39. The SMILES string of the molecule is COc1ncccc1COc1cccc2c1CC/C2=N\O. The molecule has 1 aliphatic carbocycles. The van der Waals surface area contributed by atoms with Gasteiger partial charge in [-0.15, -0.1) is 0 Å². The summed E-state index contributed by atoms with van der Waals surface area (Å²) >= 11 is 0. The van der Waals surface area contributed by atoms with Gasteiger partial charge in [-0.05, 0) is 31.0 Å². The highest BCUT2D eigenvalue weighted by Gasteiger charge is 2.21. The third kappa shape index (κ3) is 2.54. The molecule has 21 heavy (non-hydrogen) atoms. The first kappa shape index (κ1) is 13.4. The number of nitrogens with zero attached hydrogens (tertiary/aromatic N) is 2. The van der Waals surface area contributed by atoms with Crippen LogP contribution in [0.3, 0.4) is 0 Å². The lowest BCUT2D eigenvalue weighted by atomic mass is 10.1. The van der Waals surface area contributed by atoms with Crippen molar-refractivity contribution in [3.8, 4) is 11.6 Å².